The topological polar surface area (TPSA) is 15.3 Å². The monoisotopic (exact) mass is 238 g/mol. The zero-order valence-electron chi connectivity index (χ0n) is 11.8. The molecule has 3 atom stereocenters. The lowest BCUT2D eigenvalue weighted by molar-refractivity contribution is 0.135. The highest BCUT2D eigenvalue weighted by Gasteiger charge is 2.27. The predicted octanol–water partition coefficient (Wildman–Crippen LogP) is 3.03. The van der Waals surface area contributed by atoms with Gasteiger partial charge in [0.15, 0.2) is 0 Å². The van der Waals surface area contributed by atoms with Crippen molar-refractivity contribution in [2.75, 3.05) is 19.6 Å². The van der Waals surface area contributed by atoms with Crippen LogP contribution in [-0.2, 0) is 0 Å². The van der Waals surface area contributed by atoms with E-state index in [1.165, 1.54) is 64.6 Å². The second-order valence-electron chi connectivity index (χ2n) is 5.98. The molecule has 0 bridgehead atoms. The van der Waals surface area contributed by atoms with Crippen LogP contribution in [0, 0.1) is 5.92 Å². The van der Waals surface area contributed by atoms with Crippen LogP contribution < -0.4 is 5.32 Å². The summed E-state index contributed by atoms with van der Waals surface area (Å²) in [6, 6.07) is 1.66. The molecule has 1 aliphatic carbocycles. The molecule has 2 aliphatic rings. The summed E-state index contributed by atoms with van der Waals surface area (Å²) in [4.78, 5) is 2.78. The van der Waals surface area contributed by atoms with Crippen molar-refractivity contribution >= 4 is 0 Å². The minimum absolute atomic E-state index is 0.769. The Kier molecular flexibility index (Phi) is 5.30. The van der Waals surface area contributed by atoms with E-state index in [1.54, 1.807) is 0 Å². The van der Waals surface area contributed by atoms with Gasteiger partial charge in [-0.25, -0.2) is 0 Å². The van der Waals surface area contributed by atoms with Gasteiger partial charge in [-0.3, -0.25) is 4.90 Å². The van der Waals surface area contributed by atoms with Crippen molar-refractivity contribution in [3.05, 3.63) is 0 Å². The molecule has 2 rings (SSSR count). The van der Waals surface area contributed by atoms with E-state index in [2.05, 4.69) is 24.1 Å². The number of nitrogens with one attached hydrogen (secondary N) is 1. The maximum atomic E-state index is 3.68. The van der Waals surface area contributed by atoms with Crippen molar-refractivity contribution in [3.8, 4) is 0 Å². The molecule has 0 amide bonds. The fourth-order valence-corrected chi connectivity index (χ4v) is 3.63. The van der Waals surface area contributed by atoms with Gasteiger partial charge in [-0.1, -0.05) is 33.1 Å². The maximum absolute atomic E-state index is 3.68. The summed E-state index contributed by atoms with van der Waals surface area (Å²) in [5.74, 6) is 1.01. The van der Waals surface area contributed by atoms with E-state index < -0.39 is 0 Å². The van der Waals surface area contributed by atoms with E-state index >= 15 is 0 Å². The second kappa shape index (κ2) is 6.75. The minimum Gasteiger partial charge on any atom is -0.313 e. The summed E-state index contributed by atoms with van der Waals surface area (Å²) in [5.41, 5.74) is 0. The Morgan fingerprint density at radius 1 is 1.06 bits per heavy atom. The molecule has 0 aromatic heterocycles. The van der Waals surface area contributed by atoms with Crippen LogP contribution in [-0.4, -0.2) is 36.6 Å². The zero-order chi connectivity index (χ0) is 12.1. The SMILES string of the molecule is CCC1CCCC(N2CCNC(CC)CC2)C1. The van der Waals surface area contributed by atoms with Crippen molar-refractivity contribution in [3.63, 3.8) is 0 Å². The smallest absolute Gasteiger partial charge is 0.0110 e. The lowest BCUT2D eigenvalue weighted by Gasteiger charge is -2.36. The van der Waals surface area contributed by atoms with Crippen LogP contribution in [0.3, 0.4) is 0 Å². The van der Waals surface area contributed by atoms with E-state index in [-0.39, 0.29) is 0 Å². The van der Waals surface area contributed by atoms with Crippen LogP contribution in [0.5, 0.6) is 0 Å². The van der Waals surface area contributed by atoms with Crippen molar-refractivity contribution in [2.45, 2.75) is 70.9 Å². The highest BCUT2D eigenvalue weighted by atomic mass is 15.2. The van der Waals surface area contributed by atoms with Crippen LogP contribution >= 0.6 is 0 Å². The van der Waals surface area contributed by atoms with Crippen LogP contribution in [0.4, 0.5) is 0 Å². The molecular weight excluding hydrogens is 208 g/mol. The quantitative estimate of drug-likeness (QED) is 0.813. The molecule has 0 spiro atoms. The Bertz CT molecular complexity index is 217. The Labute approximate surface area is 107 Å². The van der Waals surface area contributed by atoms with Gasteiger partial charge in [0.2, 0.25) is 0 Å². The zero-order valence-corrected chi connectivity index (χ0v) is 11.8. The second-order valence-corrected chi connectivity index (χ2v) is 5.98. The van der Waals surface area contributed by atoms with Gasteiger partial charge >= 0.3 is 0 Å². The van der Waals surface area contributed by atoms with E-state index in [0.29, 0.717) is 0 Å². The molecule has 0 radical (unpaired) electrons. The number of hydrogen-bond acceptors (Lipinski definition) is 2. The minimum atomic E-state index is 0.769. The molecule has 1 aliphatic heterocycles. The van der Waals surface area contributed by atoms with Gasteiger partial charge in [0.1, 0.15) is 0 Å². The fourth-order valence-electron chi connectivity index (χ4n) is 3.63. The van der Waals surface area contributed by atoms with E-state index in [0.717, 1.165) is 18.0 Å². The summed E-state index contributed by atoms with van der Waals surface area (Å²) in [5, 5.41) is 3.68. The first kappa shape index (κ1) is 13.4. The van der Waals surface area contributed by atoms with Gasteiger partial charge in [-0.05, 0) is 38.1 Å². The largest absolute Gasteiger partial charge is 0.313 e. The highest BCUT2D eigenvalue weighted by Crippen LogP contribution is 2.30. The van der Waals surface area contributed by atoms with Gasteiger partial charge in [-0.2, -0.15) is 0 Å². The summed E-state index contributed by atoms with van der Waals surface area (Å²) in [6.07, 6.45) is 9.89. The summed E-state index contributed by atoms with van der Waals surface area (Å²) >= 11 is 0. The summed E-state index contributed by atoms with van der Waals surface area (Å²) in [6.45, 7) is 8.47. The summed E-state index contributed by atoms with van der Waals surface area (Å²) in [7, 11) is 0. The third kappa shape index (κ3) is 3.69. The Morgan fingerprint density at radius 3 is 2.71 bits per heavy atom. The van der Waals surface area contributed by atoms with Crippen molar-refractivity contribution in [2.24, 2.45) is 5.92 Å². The lowest BCUT2D eigenvalue weighted by atomic mass is 9.83. The van der Waals surface area contributed by atoms with Gasteiger partial charge in [-0.15, -0.1) is 0 Å². The fraction of sp³-hybridized carbons (Fsp3) is 1.00. The first-order chi connectivity index (χ1) is 8.33. The predicted molar refractivity (Wildman–Crippen MR) is 74.3 cm³/mol. The van der Waals surface area contributed by atoms with Crippen LogP contribution in [0.1, 0.15) is 58.8 Å². The van der Waals surface area contributed by atoms with Crippen LogP contribution in [0.25, 0.3) is 0 Å². The normalized spacial score (nSPS) is 36.7. The molecular formula is C15H30N2. The maximum Gasteiger partial charge on any atom is 0.0110 e. The standard InChI is InChI=1S/C15H30N2/c1-3-13-6-5-7-15(12-13)17-10-8-14(4-2)16-9-11-17/h13-16H,3-12H2,1-2H3. The number of nitrogens with zero attached hydrogens (tertiary/aromatic N) is 1. The van der Waals surface area contributed by atoms with Crippen molar-refractivity contribution < 1.29 is 0 Å². The summed E-state index contributed by atoms with van der Waals surface area (Å²) < 4.78 is 0. The Morgan fingerprint density at radius 2 is 1.94 bits per heavy atom. The van der Waals surface area contributed by atoms with Crippen molar-refractivity contribution in [1.82, 2.24) is 10.2 Å². The first-order valence-corrected chi connectivity index (χ1v) is 7.80. The molecule has 1 saturated carbocycles. The van der Waals surface area contributed by atoms with E-state index in [4.69, 9.17) is 0 Å². The highest BCUT2D eigenvalue weighted by molar-refractivity contribution is 4.83. The molecule has 0 aromatic carbocycles. The molecule has 2 heteroatoms. The van der Waals surface area contributed by atoms with Crippen LogP contribution in [0.15, 0.2) is 0 Å². The number of rotatable bonds is 3. The molecule has 2 nitrogen and oxygen atoms in total. The van der Waals surface area contributed by atoms with Gasteiger partial charge < -0.3 is 5.32 Å². The Balaban J connectivity index is 1.84. The Hall–Kier alpha value is -0.0800. The molecule has 100 valence electrons. The molecule has 1 heterocycles. The average molecular weight is 238 g/mol. The van der Waals surface area contributed by atoms with Gasteiger partial charge in [0, 0.05) is 25.2 Å². The van der Waals surface area contributed by atoms with Gasteiger partial charge in [0.25, 0.3) is 0 Å². The molecule has 2 fully saturated rings. The van der Waals surface area contributed by atoms with Crippen LogP contribution in [0.2, 0.25) is 0 Å². The van der Waals surface area contributed by atoms with Gasteiger partial charge in [0.05, 0.1) is 0 Å². The molecule has 3 unspecified atom stereocenters. The lowest BCUT2D eigenvalue weighted by Crippen LogP contribution is -2.40. The van der Waals surface area contributed by atoms with E-state index in [9.17, 15) is 0 Å². The molecule has 0 aromatic rings. The molecule has 17 heavy (non-hydrogen) atoms. The average Bonchev–Trinajstić information content (AvgIpc) is 2.64. The molecule has 1 N–H and O–H groups in total. The first-order valence-electron chi connectivity index (χ1n) is 7.80. The third-order valence-electron chi connectivity index (χ3n) is 4.94. The molecule has 1 saturated heterocycles. The van der Waals surface area contributed by atoms with Crippen molar-refractivity contribution in [1.29, 1.82) is 0 Å². The number of hydrogen-bond donors (Lipinski definition) is 1. The third-order valence-corrected chi connectivity index (χ3v) is 4.94. The van der Waals surface area contributed by atoms with E-state index in [1.807, 2.05) is 0 Å².